The van der Waals surface area contributed by atoms with Gasteiger partial charge in [-0.1, -0.05) is 47.6 Å². The minimum atomic E-state index is -0.770. The second kappa shape index (κ2) is 5.80. The third-order valence-corrected chi connectivity index (χ3v) is 4.36. The Hall–Kier alpha value is -0.960. The third kappa shape index (κ3) is 4.55. The summed E-state index contributed by atoms with van der Waals surface area (Å²) in [5.74, 6) is -0.770. The Morgan fingerprint density at radius 3 is 1.70 bits per heavy atom. The van der Waals surface area contributed by atoms with Crippen LogP contribution in [0.25, 0.3) is 0 Å². The molecule has 0 amide bonds. The van der Waals surface area contributed by atoms with E-state index in [0.29, 0.717) is 0 Å². The maximum Gasteiger partial charge on any atom is 0.316 e. The van der Waals surface area contributed by atoms with E-state index in [2.05, 4.69) is 59.7 Å². The van der Waals surface area contributed by atoms with Crippen molar-refractivity contribution in [3.05, 3.63) is 29.3 Å². The predicted octanol–water partition coefficient (Wildman–Crippen LogP) is 4.85. The zero-order valence-corrected chi connectivity index (χ0v) is 14.4. The van der Waals surface area contributed by atoms with Gasteiger partial charge in [0.15, 0.2) is 0 Å². The number of carboxylic acids is 1. The maximum absolute atomic E-state index is 11.0. The summed E-state index contributed by atoms with van der Waals surface area (Å²) >= 11 is 1.41. The molecule has 0 aliphatic heterocycles. The lowest BCUT2D eigenvalue weighted by atomic mass is 9.81. The van der Waals surface area contributed by atoms with Crippen molar-refractivity contribution in [1.29, 1.82) is 0 Å². The third-order valence-electron chi connectivity index (χ3n) is 3.30. The molecular weight excluding hydrogens is 268 g/mol. The van der Waals surface area contributed by atoms with Crippen LogP contribution in [0.1, 0.15) is 59.6 Å². The molecule has 0 aliphatic rings. The second-order valence-corrected chi connectivity index (χ2v) is 8.76. The van der Waals surface area contributed by atoms with Crippen LogP contribution in [-0.2, 0) is 15.6 Å². The molecule has 0 spiro atoms. The highest BCUT2D eigenvalue weighted by Gasteiger charge is 2.22. The number of aliphatic carboxylic acids is 1. The van der Waals surface area contributed by atoms with Gasteiger partial charge >= 0.3 is 5.97 Å². The zero-order chi connectivity index (χ0) is 15.7. The van der Waals surface area contributed by atoms with Gasteiger partial charge in [0.2, 0.25) is 0 Å². The van der Waals surface area contributed by atoms with Gasteiger partial charge in [0.05, 0.1) is 0 Å². The van der Waals surface area contributed by atoms with Gasteiger partial charge in [0, 0.05) is 4.90 Å². The number of carboxylic acid groups (broad SMARTS) is 1. The highest BCUT2D eigenvalue weighted by atomic mass is 32.2. The van der Waals surface area contributed by atoms with E-state index in [4.69, 9.17) is 5.11 Å². The summed E-state index contributed by atoms with van der Waals surface area (Å²) in [7, 11) is 0. The van der Waals surface area contributed by atoms with E-state index < -0.39 is 11.2 Å². The molecule has 0 fully saturated rings. The summed E-state index contributed by atoms with van der Waals surface area (Å²) < 4.78 is 0. The first-order valence-electron chi connectivity index (χ1n) is 6.97. The smallest absolute Gasteiger partial charge is 0.316 e. The van der Waals surface area contributed by atoms with Crippen molar-refractivity contribution >= 4 is 17.7 Å². The minimum Gasteiger partial charge on any atom is -0.480 e. The normalized spacial score (nSPS) is 14.2. The quantitative estimate of drug-likeness (QED) is 0.810. The lowest BCUT2D eigenvalue weighted by Gasteiger charge is -2.26. The number of rotatable bonds is 3. The van der Waals surface area contributed by atoms with Crippen molar-refractivity contribution in [3.63, 3.8) is 0 Å². The highest BCUT2D eigenvalue weighted by molar-refractivity contribution is 8.00. The van der Waals surface area contributed by atoms with Crippen molar-refractivity contribution in [2.24, 2.45) is 0 Å². The van der Waals surface area contributed by atoms with Crippen LogP contribution in [0, 0.1) is 0 Å². The van der Waals surface area contributed by atoms with E-state index in [-0.39, 0.29) is 10.8 Å². The van der Waals surface area contributed by atoms with E-state index >= 15 is 0 Å². The molecule has 0 radical (unpaired) electrons. The van der Waals surface area contributed by atoms with Gasteiger partial charge in [-0.3, -0.25) is 4.79 Å². The molecule has 2 nitrogen and oxygen atoms in total. The molecule has 1 unspecified atom stereocenters. The fourth-order valence-electron chi connectivity index (χ4n) is 1.79. The summed E-state index contributed by atoms with van der Waals surface area (Å²) in [4.78, 5) is 12.1. The predicted molar refractivity (Wildman–Crippen MR) is 86.8 cm³/mol. The van der Waals surface area contributed by atoms with Crippen molar-refractivity contribution in [2.75, 3.05) is 0 Å². The number of hydrogen-bond acceptors (Lipinski definition) is 2. The van der Waals surface area contributed by atoms with Crippen LogP contribution in [0.5, 0.6) is 0 Å². The van der Waals surface area contributed by atoms with Crippen LogP contribution in [0.2, 0.25) is 0 Å². The molecule has 1 N–H and O–H groups in total. The van der Waals surface area contributed by atoms with E-state index in [1.165, 1.54) is 22.9 Å². The highest BCUT2D eigenvalue weighted by Crippen LogP contribution is 2.34. The van der Waals surface area contributed by atoms with Gasteiger partial charge in [-0.2, -0.15) is 0 Å². The fourth-order valence-corrected chi connectivity index (χ4v) is 2.69. The number of benzene rings is 1. The molecule has 1 aromatic carbocycles. The van der Waals surface area contributed by atoms with Crippen molar-refractivity contribution < 1.29 is 9.90 Å². The molecule has 1 rings (SSSR count). The van der Waals surface area contributed by atoms with E-state index in [1.807, 2.05) is 0 Å². The van der Waals surface area contributed by atoms with E-state index in [0.717, 1.165) is 4.90 Å². The summed E-state index contributed by atoms with van der Waals surface area (Å²) in [5, 5.41) is 8.65. The van der Waals surface area contributed by atoms with Gasteiger partial charge < -0.3 is 5.11 Å². The van der Waals surface area contributed by atoms with Crippen LogP contribution in [0.15, 0.2) is 23.1 Å². The van der Waals surface area contributed by atoms with Crippen molar-refractivity contribution in [2.45, 2.75) is 69.4 Å². The van der Waals surface area contributed by atoms with Crippen LogP contribution in [0.4, 0.5) is 0 Å². The Kier molecular flexibility index (Phi) is 4.96. The summed E-state index contributed by atoms with van der Waals surface area (Å²) in [5.41, 5.74) is 2.63. The molecule has 0 aliphatic carbocycles. The molecule has 1 atom stereocenters. The van der Waals surface area contributed by atoms with Gasteiger partial charge in [0.25, 0.3) is 0 Å². The van der Waals surface area contributed by atoms with Gasteiger partial charge in [-0.05, 0) is 41.0 Å². The van der Waals surface area contributed by atoms with Crippen LogP contribution in [0.3, 0.4) is 0 Å². The van der Waals surface area contributed by atoms with Crippen molar-refractivity contribution in [1.82, 2.24) is 0 Å². The van der Waals surface area contributed by atoms with E-state index in [1.54, 1.807) is 6.92 Å². The minimum absolute atomic E-state index is 0.0586. The molecule has 0 saturated heterocycles. The summed E-state index contributed by atoms with van der Waals surface area (Å²) in [6, 6.07) is 6.49. The molecule has 1 aromatic rings. The molecule has 20 heavy (non-hydrogen) atoms. The van der Waals surface area contributed by atoms with Crippen LogP contribution in [-0.4, -0.2) is 16.3 Å². The zero-order valence-electron chi connectivity index (χ0n) is 13.6. The monoisotopic (exact) mass is 294 g/mol. The number of thioether (sulfide) groups is 1. The fraction of sp³-hybridized carbons (Fsp3) is 0.588. The SMILES string of the molecule is CC(Sc1cc(C(C)(C)C)cc(C(C)(C)C)c1)C(=O)O. The summed E-state index contributed by atoms with van der Waals surface area (Å²) in [6.07, 6.45) is 0. The first-order valence-corrected chi connectivity index (χ1v) is 7.85. The Bertz CT molecular complexity index is 460. The molecule has 0 bridgehead atoms. The maximum atomic E-state index is 11.0. The van der Waals surface area contributed by atoms with Crippen LogP contribution >= 0.6 is 11.8 Å². The van der Waals surface area contributed by atoms with Crippen LogP contribution < -0.4 is 0 Å². The lowest BCUT2D eigenvalue weighted by Crippen LogP contribution is -2.17. The van der Waals surface area contributed by atoms with E-state index in [9.17, 15) is 4.79 Å². The Labute approximate surface area is 127 Å². The molecule has 0 saturated carbocycles. The van der Waals surface area contributed by atoms with Gasteiger partial charge in [-0.25, -0.2) is 0 Å². The largest absolute Gasteiger partial charge is 0.480 e. The average molecular weight is 294 g/mol. The summed E-state index contributed by atoms with van der Waals surface area (Å²) in [6.45, 7) is 14.8. The van der Waals surface area contributed by atoms with Crippen molar-refractivity contribution in [3.8, 4) is 0 Å². The second-order valence-electron chi connectivity index (χ2n) is 7.34. The lowest BCUT2D eigenvalue weighted by molar-refractivity contribution is -0.136. The molecular formula is C17H26O2S. The first-order chi connectivity index (χ1) is 8.91. The standard InChI is InChI=1S/C17H26O2S/c1-11(15(18)19)20-14-9-12(16(2,3)4)8-13(10-14)17(5,6)7/h8-11H,1-7H3,(H,18,19). The Morgan fingerprint density at radius 1 is 1.00 bits per heavy atom. The average Bonchev–Trinajstić information content (AvgIpc) is 2.26. The Balaban J connectivity index is 3.28. The van der Waals surface area contributed by atoms with Gasteiger partial charge in [-0.15, -0.1) is 11.8 Å². The number of carbonyl (C=O) groups is 1. The molecule has 0 aromatic heterocycles. The molecule has 3 heteroatoms. The molecule has 0 heterocycles. The Morgan fingerprint density at radius 2 is 1.40 bits per heavy atom. The first kappa shape index (κ1) is 17.1. The number of hydrogen-bond donors (Lipinski definition) is 1. The van der Waals surface area contributed by atoms with Gasteiger partial charge in [0.1, 0.15) is 5.25 Å². The molecule has 112 valence electrons. The topological polar surface area (TPSA) is 37.3 Å².